The normalized spacial score (nSPS) is 10.9. The molecule has 0 amide bonds. The van der Waals surface area contributed by atoms with Crippen molar-refractivity contribution < 1.29 is 19.1 Å². The summed E-state index contributed by atoms with van der Waals surface area (Å²) in [4.78, 5) is 26.9. The van der Waals surface area contributed by atoms with Gasteiger partial charge in [-0.3, -0.25) is 9.78 Å². The first-order valence-electron chi connectivity index (χ1n) is 5.57. The van der Waals surface area contributed by atoms with Crippen molar-refractivity contribution in [3.05, 3.63) is 29.6 Å². The van der Waals surface area contributed by atoms with Crippen LogP contribution in [0.15, 0.2) is 18.3 Å². The lowest BCUT2D eigenvalue weighted by atomic mass is 10.1. The van der Waals surface area contributed by atoms with Gasteiger partial charge in [-0.15, -0.1) is 0 Å². The maximum atomic E-state index is 11.6. The zero-order valence-corrected chi connectivity index (χ0v) is 11.0. The molecule has 0 aliphatic heterocycles. The van der Waals surface area contributed by atoms with Gasteiger partial charge in [-0.1, -0.05) is 0 Å². The van der Waals surface area contributed by atoms with E-state index in [4.69, 9.17) is 4.74 Å². The van der Waals surface area contributed by atoms with Crippen molar-refractivity contribution in [1.29, 1.82) is 0 Å². The second-order valence-corrected chi connectivity index (χ2v) is 4.79. The largest absolute Gasteiger partial charge is 0.465 e. The van der Waals surface area contributed by atoms with E-state index in [0.29, 0.717) is 11.3 Å². The summed E-state index contributed by atoms with van der Waals surface area (Å²) >= 11 is 0. The first-order chi connectivity index (χ1) is 8.31. The standard InChI is InChI=1S/C13H17NO4/c1-13(2,3)18-11(15)8-10-7-9(5-6-14-10)12(16)17-4/h5-7H,8H2,1-4H3. The minimum absolute atomic E-state index is 0.0299. The molecule has 0 bridgehead atoms. The molecule has 0 aromatic carbocycles. The van der Waals surface area contributed by atoms with Gasteiger partial charge in [0.25, 0.3) is 0 Å². The third-order valence-electron chi connectivity index (χ3n) is 1.98. The highest BCUT2D eigenvalue weighted by atomic mass is 16.6. The van der Waals surface area contributed by atoms with Gasteiger partial charge in [-0.2, -0.15) is 0 Å². The lowest BCUT2D eigenvalue weighted by Gasteiger charge is -2.19. The van der Waals surface area contributed by atoms with Crippen molar-refractivity contribution in [2.75, 3.05) is 7.11 Å². The van der Waals surface area contributed by atoms with Crippen LogP contribution < -0.4 is 0 Å². The van der Waals surface area contributed by atoms with Gasteiger partial charge in [0.1, 0.15) is 5.60 Å². The molecule has 0 unspecified atom stereocenters. The number of ether oxygens (including phenoxy) is 2. The summed E-state index contributed by atoms with van der Waals surface area (Å²) in [5.74, 6) is -0.833. The number of rotatable bonds is 3. The van der Waals surface area contributed by atoms with Gasteiger partial charge in [0.2, 0.25) is 0 Å². The van der Waals surface area contributed by atoms with Crippen molar-refractivity contribution >= 4 is 11.9 Å². The fourth-order valence-electron chi connectivity index (χ4n) is 1.35. The van der Waals surface area contributed by atoms with Crippen LogP contribution in [-0.4, -0.2) is 29.6 Å². The zero-order chi connectivity index (χ0) is 13.8. The highest BCUT2D eigenvalue weighted by Crippen LogP contribution is 2.10. The van der Waals surface area contributed by atoms with Crippen LogP contribution in [0, 0.1) is 0 Å². The fourth-order valence-corrected chi connectivity index (χ4v) is 1.35. The number of esters is 2. The Kier molecular flexibility index (Phi) is 4.42. The quantitative estimate of drug-likeness (QED) is 0.766. The molecule has 5 heteroatoms. The van der Waals surface area contributed by atoms with E-state index in [1.165, 1.54) is 25.4 Å². The molecule has 0 N–H and O–H groups in total. The number of carbonyl (C=O) groups is 2. The molecular weight excluding hydrogens is 234 g/mol. The Morgan fingerprint density at radius 2 is 2.00 bits per heavy atom. The van der Waals surface area contributed by atoms with Gasteiger partial charge in [-0.25, -0.2) is 4.79 Å². The van der Waals surface area contributed by atoms with Crippen molar-refractivity contribution in [3.63, 3.8) is 0 Å². The first kappa shape index (κ1) is 14.2. The molecule has 0 spiro atoms. The molecule has 0 aliphatic carbocycles. The van der Waals surface area contributed by atoms with E-state index in [2.05, 4.69) is 9.72 Å². The van der Waals surface area contributed by atoms with Crippen molar-refractivity contribution in [2.24, 2.45) is 0 Å². The Morgan fingerprint density at radius 3 is 2.56 bits per heavy atom. The van der Waals surface area contributed by atoms with E-state index in [1.54, 1.807) is 20.8 Å². The van der Waals surface area contributed by atoms with Crippen LogP contribution in [0.3, 0.4) is 0 Å². The Balaban J connectivity index is 2.74. The summed E-state index contributed by atoms with van der Waals surface area (Å²) in [6.07, 6.45) is 1.49. The number of hydrogen-bond acceptors (Lipinski definition) is 5. The van der Waals surface area contributed by atoms with E-state index in [0.717, 1.165) is 0 Å². The molecule has 0 fully saturated rings. The molecular formula is C13H17NO4. The SMILES string of the molecule is COC(=O)c1ccnc(CC(=O)OC(C)(C)C)c1. The van der Waals surface area contributed by atoms with E-state index in [9.17, 15) is 9.59 Å². The molecule has 5 nitrogen and oxygen atoms in total. The van der Waals surface area contributed by atoms with Gasteiger partial charge in [0.05, 0.1) is 24.8 Å². The topological polar surface area (TPSA) is 65.5 Å². The highest BCUT2D eigenvalue weighted by Gasteiger charge is 2.17. The number of methoxy groups -OCH3 is 1. The van der Waals surface area contributed by atoms with Gasteiger partial charge in [0, 0.05) is 6.20 Å². The predicted octanol–water partition coefficient (Wildman–Crippen LogP) is 1.75. The maximum Gasteiger partial charge on any atom is 0.337 e. The number of carbonyl (C=O) groups excluding carboxylic acids is 2. The molecule has 0 saturated carbocycles. The number of nitrogens with zero attached hydrogens (tertiary/aromatic N) is 1. The fraction of sp³-hybridized carbons (Fsp3) is 0.462. The van der Waals surface area contributed by atoms with E-state index in [-0.39, 0.29) is 12.4 Å². The predicted molar refractivity (Wildman–Crippen MR) is 65.1 cm³/mol. The lowest BCUT2D eigenvalue weighted by Crippen LogP contribution is -2.25. The Hall–Kier alpha value is -1.91. The summed E-state index contributed by atoms with van der Waals surface area (Å²) in [5, 5.41) is 0. The number of aromatic nitrogens is 1. The van der Waals surface area contributed by atoms with Crippen LogP contribution in [0.4, 0.5) is 0 Å². The molecule has 1 rings (SSSR count). The van der Waals surface area contributed by atoms with E-state index in [1.807, 2.05) is 0 Å². The molecule has 1 heterocycles. The third kappa shape index (κ3) is 4.53. The Labute approximate surface area is 106 Å². The lowest BCUT2D eigenvalue weighted by molar-refractivity contribution is -0.154. The van der Waals surface area contributed by atoms with Crippen LogP contribution in [0.5, 0.6) is 0 Å². The Bertz CT molecular complexity index is 449. The number of hydrogen-bond donors (Lipinski definition) is 0. The van der Waals surface area contributed by atoms with Crippen molar-refractivity contribution in [1.82, 2.24) is 4.98 Å². The van der Waals surface area contributed by atoms with Crippen molar-refractivity contribution in [2.45, 2.75) is 32.8 Å². The van der Waals surface area contributed by atoms with Crippen LogP contribution in [0.25, 0.3) is 0 Å². The maximum absolute atomic E-state index is 11.6. The number of pyridine rings is 1. The summed E-state index contributed by atoms with van der Waals surface area (Å²) in [7, 11) is 1.30. The molecule has 18 heavy (non-hydrogen) atoms. The van der Waals surface area contributed by atoms with Gasteiger partial charge < -0.3 is 9.47 Å². The molecule has 0 saturated heterocycles. The van der Waals surface area contributed by atoms with Crippen molar-refractivity contribution in [3.8, 4) is 0 Å². The van der Waals surface area contributed by atoms with Crippen LogP contribution in [-0.2, 0) is 20.7 Å². The molecule has 0 radical (unpaired) electrons. The molecule has 0 aliphatic rings. The minimum Gasteiger partial charge on any atom is -0.465 e. The summed E-state index contributed by atoms with van der Waals surface area (Å²) in [6.45, 7) is 5.38. The second kappa shape index (κ2) is 5.62. The molecule has 1 aromatic heterocycles. The second-order valence-electron chi connectivity index (χ2n) is 4.79. The summed E-state index contributed by atoms with van der Waals surface area (Å²) in [6, 6.07) is 3.06. The molecule has 0 atom stereocenters. The van der Waals surface area contributed by atoms with Gasteiger partial charge >= 0.3 is 11.9 Å². The van der Waals surface area contributed by atoms with Crippen LogP contribution >= 0.6 is 0 Å². The van der Waals surface area contributed by atoms with Gasteiger partial charge in [0.15, 0.2) is 0 Å². The molecule has 1 aromatic rings. The van der Waals surface area contributed by atoms with Gasteiger partial charge in [-0.05, 0) is 32.9 Å². The third-order valence-corrected chi connectivity index (χ3v) is 1.98. The van der Waals surface area contributed by atoms with E-state index < -0.39 is 11.6 Å². The van der Waals surface area contributed by atoms with Crippen LogP contribution in [0.2, 0.25) is 0 Å². The van der Waals surface area contributed by atoms with E-state index >= 15 is 0 Å². The smallest absolute Gasteiger partial charge is 0.337 e. The van der Waals surface area contributed by atoms with Crippen LogP contribution in [0.1, 0.15) is 36.8 Å². The minimum atomic E-state index is -0.531. The Morgan fingerprint density at radius 1 is 1.33 bits per heavy atom. The monoisotopic (exact) mass is 251 g/mol. The average Bonchev–Trinajstić information content (AvgIpc) is 2.25. The average molecular weight is 251 g/mol. The first-order valence-corrected chi connectivity index (χ1v) is 5.57. The molecule has 98 valence electrons. The summed E-state index contributed by atoms with van der Waals surface area (Å²) in [5.41, 5.74) is 0.315. The summed E-state index contributed by atoms with van der Waals surface area (Å²) < 4.78 is 9.77. The highest BCUT2D eigenvalue weighted by molar-refractivity contribution is 5.89. The zero-order valence-electron chi connectivity index (χ0n) is 11.0.